The largest absolute Gasteiger partial charge is 0.417 e. The molecule has 1 saturated carbocycles. The van der Waals surface area contributed by atoms with Crippen LogP contribution in [0.2, 0.25) is 0 Å². The van der Waals surface area contributed by atoms with Gasteiger partial charge >= 0.3 is 6.18 Å². The van der Waals surface area contributed by atoms with Crippen molar-refractivity contribution in [3.8, 4) is 0 Å². The van der Waals surface area contributed by atoms with Gasteiger partial charge in [0.05, 0.1) is 16.6 Å². The molecule has 0 atom stereocenters. The van der Waals surface area contributed by atoms with Crippen LogP contribution in [0.15, 0.2) is 48.5 Å². The maximum Gasteiger partial charge on any atom is 0.417 e. The number of nitrogens with one attached hydrogen (secondary N) is 2. The third-order valence-electron chi connectivity index (χ3n) is 6.22. The Labute approximate surface area is 196 Å². The minimum Gasteiger partial charge on any atom is -0.362 e. The van der Waals surface area contributed by atoms with E-state index in [1.54, 1.807) is 0 Å². The smallest absolute Gasteiger partial charge is 0.362 e. The summed E-state index contributed by atoms with van der Waals surface area (Å²) in [5.41, 5.74) is -0.373. The van der Waals surface area contributed by atoms with Gasteiger partial charge in [-0.3, -0.25) is 4.79 Å². The molecule has 0 saturated heterocycles. The molecule has 4 rings (SSSR count). The summed E-state index contributed by atoms with van der Waals surface area (Å²) >= 11 is 0. The monoisotopic (exact) mass is 471 g/mol. The zero-order valence-electron chi connectivity index (χ0n) is 19.2. The van der Waals surface area contributed by atoms with Gasteiger partial charge in [0.1, 0.15) is 5.82 Å². The predicted octanol–water partition coefficient (Wildman–Crippen LogP) is 5.12. The van der Waals surface area contributed by atoms with Gasteiger partial charge in [-0.15, -0.1) is 0 Å². The van der Waals surface area contributed by atoms with Crippen LogP contribution in [0.5, 0.6) is 0 Å². The molecule has 1 amide bonds. The molecule has 0 aliphatic heterocycles. The van der Waals surface area contributed by atoms with Crippen molar-refractivity contribution in [3.63, 3.8) is 0 Å². The van der Waals surface area contributed by atoms with E-state index in [1.807, 2.05) is 43.3 Å². The number of anilines is 2. The Morgan fingerprint density at radius 3 is 2.38 bits per heavy atom. The number of amides is 1. The first kappa shape index (κ1) is 23.8. The molecule has 9 heteroatoms. The quantitative estimate of drug-likeness (QED) is 0.523. The predicted molar refractivity (Wildman–Crippen MR) is 127 cm³/mol. The number of rotatable bonds is 6. The molecule has 1 aromatic heterocycles. The third kappa shape index (κ3) is 5.40. The van der Waals surface area contributed by atoms with E-state index in [0.29, 0.717) is 12.5 Å². The molecule has 0 radical (unpaired) electrons. The summed E-state index contributed by atoms with van der Waals surface area (Å²) in [6, 6.07) is 13.0. The first-order chi connectivity index (χ1) is 16.2. The molecule has 0 spiro atoms. The van der Waals surface area contributed by atoms with E-state index in [-0.39, 0.29) is 17.5 Å². The summed E-state index contributed by atoms with van der Waals surface area (Å²) in [6.45, 7) is 0.356. The van der Waals surface area contributed by atoms with Gasteiger partial charge in [0, 0.05) is 32.1 Å². The lowest BCUT2D eigenvalue weighted by Gasteiger charge is -2.29. The van der Waals surface area contributed by atoms with E-state index in [4.69, 9.17) is 0 Å². The molecule has 6 nitrogen and oxygen atoms in total. The van der Waals surface area contributed by atoms with Crippen molar-refractivity contribution < 1.29 is 18.0 Å². The molecule has 3 aromatic rings. The number of aromatic nitrogens is 2. The molecule has 0 unspecified atom stereocenters. The molecule has 1 heterocycles. The molecule has 1 fully saturated rings. The number of nitrogens with zero attached hydrogens (tertiary/aromatic N) is 3. The molecule has 1 aliphatic carbocycles. The second kappa shape index (κ2) is 9.87. The summed E-state index contributed by atoms with van der Waals surface area (Å²) in [7, 11) is 3.90. The van der Waals surface area contributed by atoms with Crippen LogP contribution in [0.3, 0.4) is 0 Å². The van der Waals surface area contributed by atoms with Crippen molar-refractivity contribution >= 4 is 28.6 Å². The maximum absolute atomic E-state index is 13.2. The summed E-state index contributed by atoms with van der Waals surface area (Å²) in [4.78, 5) is 23.7. The SMILES string of the molecule is CN(C)c1nc(NC2CCC(CNC(=O)c3ccccc3C(F)(F)F)CC2)nc2ccccc12. The van der Waals surface area contributed by atoms with Crippen LogP contribution in [-0.2, 0) is 6.18 Å². The zero-order valence-corrected chi connectivity index (χ0v) is 19.2. The van der Waals surface area contributed by atoms with Crippen LogP contribution >= 0.6 is 0 Å². The molecule has 34 heavy (non-hydrogen) atoms. The Balaban J connectivity index is 1.33. The minimum atomic E-state index is -4.56. The number of halogens is 3. The van der Waals surface area contributed by atoms with Gasteiger partial charge in [0.25, 0.3) is 5.91 Å². The van der Waals surface area contributed by atoms with Gasteiger partial charge < -0.3 is 15.5 Å². The highest BCUT2D eigenvalue weighted by atomic mass is 19.4. The lowest BCUT2D eigenvalue weighted by atomic mass is 9.86. The minimum absolute atomic E-state index is 0.203. The van der Waals surface area contributed by atoms with Crippen molar-refractivity contribution in [1.29, 1.82) is 0 Å². The van der Waals surface area contributed by atoms with Crippen molar-refractivity contribution in [2.75, 3.05) is 30.9 Å². The van der Waals surface area contributed by atoms with E-state index in [0.717, 1.165) is 48.5 Å². The second-order valence-corrected chi connectivity index (χ2v) is 8.90. The van der Waals surface area contributed by atoms with Gasteiger partial charge in [-0.05, 0) is 55.9 Å². The van der Waals surface area contributed by atoms with Crippen LogP contribution < -0.4 is 15.5 Å². The number of carbonyl (C=O) groups excluding carboxylic acids is 1. The second-order valence-electron chi connectivity index (χ2n) is 8.90. The lowest BCUT2D eigenvalue weighted by molar-refractivity contribution is -0.137. The molecule has 0 bridgehead atoms. The topological polar surface area (TPSA) is 70.2 Å². The van der Waals surface area contributed by atoms with E-state index in [2.05, 4.69) is 20.6 Å². The van der Waals surface area contributed by atoms with Gasteiger partial charge in [0.15, 0.2) is 0 Å². The maximum atomic E-state index is 13.2. The van der Waals surface area contributed by atoms with Crippen LogP contribution in [-0.4, -0.2) is 42.6 Å². The van der Waals surface area contributed by atoms with Crippen LogP contribution in [0.4, 0.5) is 24.9 Å². The highest BCUT2D eigenvalue weighted by Crippen LogP contribution is 2.32. The third-order valence-corrected chi connectivity index (χ3v) is 6.22. The number of alkyl halides is 3. The van der Waals surface area contributed by atoms with Gasteiger partial charge in [-0.2, -0.15) is 18.2 Å². The Morgan fingerprint density at radius 1 is 1.00 bits per heavy atom. The molecule has 1 aliphatic rings. The molecular weight excluding hydrogens is 443 g/mol. The average Bonchev–Trinajstić information content (AvgIpc) is 2.82. The fraction of sp³-hybridized carbons (Fsp3) is 0.400. The standard InChI is InChI=1S/C25H28F3N5O/c1-33(2)22-19-8-4-6-10-21(19)31-24(32-22)30-17-13-11-16(12-14-17)15-29-23(34)18-7-3-5-9-20(18)25(26,27)28/h3-10,16-17H,11-15H2,1-2H3,(H,29,34)(H,30,31,32). The summed E-state index contributed by atoms with van der Waals surface area (Å²) in [5, 5.41) is 7.13. The van der Waals surface area contributed by atoms with Crippen LogP contribution in [0.1, 0.15) is 41.6 Å². The normalized spacial score (nSPS) is 18.5. The average molecular weight is 472 g/mol. The van der Waals surface area contributed by atoms with Crippen molar-refractivity contribution in [1.82, 2.24) is 15.3 Å². The van der Waals surface area contributed by atoms with Crippen LogP contribution in [0.25, 0.3) is 10.9 Å². The Morgan fingerprint density at radius 2 is 1.68 bits per heavy atom. The van der Waals surface area contributed by atoms with Gasteiger partial charge in [-0.25, -0.2) is 4.98 Å². The number of para-hydroxylation sites is 1. The highest BCUT2D eigenvalue weighted by molar-refractivity contribution is 5.95. The highest BCUT2D eigenvalue weighted by Gasteiger charge is 2.35. The van der Waals surface area contributed by atoms with E-state index in [9.17, 15) is 18.0 Å². The fourth-order valence-corrected chi connectivity index (χ4v) is 4.42. The lowest BCUT2D eigenvalue weighted by Crippen LogP contribution is -2.35. The van der Waals surface area contributed by atoms with Crippen molar-refractivity contribution in [2.45, 2.75) is 37.9 Å². The zero-order chi connectivity index (χ0) is 24.3. The first-order valence-electron chi connectivity index (χ1n) is 11.4. The van der Waals surface area contributed by atoms with Crippen molar-refractivity contribution in [2.24, 2.45) is 5.92 Å². The van der Waals surface area contributed by atoms with Gasteiger partial charge in [-0.1, -0.05) is 24.3 Å². The summed E-state index contributed by atoms with van der Waals surface area (Å²) < 4.78 is 39.5. The van der Waals surface area contributed by atoms with E-state index >= 15 is 0 Å². The Kier molecular flexibility index (Phi) is 6.90. The summed E-state index contributed by atoms with van der Waals surface area (Å²) in [6.07, 6.45) is -1.12. The van der Waals surface area contributed by atoms with Gasteiger partial charge in [0.2, 0.25) is 5.95 Å². The molecule has 180 valence electrons. The number of benzene rings is 2. The Hall–Kier alpha value is -3.36. The molecule has 2 N–H and O–H groups in total. The summed E-state index contributed by atoms with van der Waals surface area (Å²) in [5.74, 6) is 0.968. The number of hydrogen-bond donors (Lipinski definition) is 2. The van der Waals surface area contributed by atoms with E-state index in [1.165, 1.54) is 18.2 Å². The molecule has 2 aromatic carbocycles. The first-order valence-corrected chi connectivity index (χ1v) is 11.4. The molecular formula is C25H28F3N5O. The van der Waals surface area contributed by atoms with Crippen molar-refractivity contribution in [3.05, 3.63) is 59.7 Å². The van der Waals surface area contributed by atoms with Crippen LogP contribution in [0, 0.1) is 5.92 Å². The van der Waals surface area contributed by atoms with E-state index < -0.39 is 17.6 Å². The number of carbonyl (C=O) groups is 1. The number of hydrogen-bond acceptors (Lipinski definition) is 5. The fourth-order valence-electron chi connectivity index (χ4n) is 4.42. The number of fused-ring (bicyclic) bond motifs is 1. The Bertz CT molecular complexity index is 1160.